The van der Waals surface area contributed by atoms with Crippen LogP contribution < -0.4 is 9.80 Å². The molecule has 262 valence electrons. The van der Waals surface area contributed by atoms with Gasteiger partial charge < -0.3 is 9.80 Å². The summed E-state index contributed by atoms with van der Waals surface area (Å²) in [4.78, 5) is 4.79. The van der Waals surface area contributed by atoms with Crippen LogP contribution >= 0.6 is 0 Å². The Hall–Kier alpha value is -6.90. The fraction of sp³-hybridized carbons (Fsp3) is 0.0566. The summed E-state index contributed by atoms with van der Waals surface area (Å²) < 4.78 is 0. The van der Waals surface area contributed by atoms with Crippen molar-refractivity contribution in [3.63, 3.8) is 0 Å². The number of rotatable bonds is 6. The highest BCUT2D eigenvalue weighted by Crippen LogP contribution is 2.52. The summed E-state index contributed by atoms with van der Waals surface area (Å²) in [5, 5.41) is 5.02. The van der Waals surface area contributed by atoms with Crippen LogP contribution in [0.2, 0.25) is 0 Å². The first-order valence-corrected chi connectivity index (χ1v) is 19.1. The lowest BCUT2D eigenvalue weighted by Gasteiger charge is -2.42. The molecule has 0 aromatic heterocycles. The Morgan fingerprint density at radius 3 is 1.67 bits per heavy atom. The molecule has 0 bridgehead atoms. The summed E-state index contributed by atoms with van der Waals surface area (Å²) in [6.07, 6.45) is 0. The third kappa shape index (κ3) is 5.66. The molecule has 2 heteroatoms. The molecule has 10 rings (SSSR count). The molecule has 55 heavy (non-hydrogen) atoms. The van der Waals surface area contributed by atoms with Gasteiger partial charge in [-0.1, -0.05) is 153 Å². The Morgan fingerprint density at radius 2 is 0.891 bits per heavy atom. The lowest BCUT2D eigenvalue weighted by atomic mass is 9.73. The first kappa shape index (κ1) is 32.7. The molecule has 1 heterocycles. The number of nitrogens with zero attached hydrogens (tertiary/aromatic N) is 2. The van der Waals surface area contributed by atoms with E-state index in [1.807, 2.05) is 0 Å². The highest BCUT2D eigenvalue weighted by Gasteiger charge is 2.37. The number of hydrogen-bond donors (Lipinski definition) is 0. The number of fused-ring (bicyclic) bond motifs is 5. The SMILES string of the molecule is CC1(C)c2ccccc2N(c2ccc(-c3ccccc3)cc2)c2ccc(-c3ccc(N(c4ccccc4)c4ccc5ccc6ccccc6c5c4)cc3)cc21. The predicted molar refractivity (Wildman–Crippen MR) is 234 cm³/mol. The van der Waals surface area contributed by atoms with Crippen molar-refractivity contribution in [3.05, 3.63) is 217 Å². The quantitative estimate of drug-likeness (QED) is 0.159. The summed E-state index contributed by atoms with van der Waals surface area (Å²) in [6, 6.07) is 75.1. The van der Waals surface area contributed by atoms with E-state index in [2.05, 4.69) is 230 Å². The summed E-state index contributed by atoms with van der Waals surface area (Å²) in [7, 11) is 0. The van der Waals surface area contributed by atoms with Crippen molar-refractivity contribution >= 4 is 55.7 Å². The van der Waals surface area contributed by atoms with Crippen molar-refractivity contribution in [1.29, 1.82) is 0 Å². The molecule has 0 unspecified atom stereocenters. The van der Waals surface area contributed by atoms with E-state index in [0.29, 0.717) is 0 Å². The van der Waals surface area contributed by atoms with Crippen molar-refractivity contribution in [2.24, 2.45) is 0 Å². The third-order valence-corrected chi connectivity index (χ3v) is 11.4. The molecular weight excluding hydrogens is 665 g/mol. The van der Waals surface area contributed by atoms with Crippen LogP contribution in [0.15, 0.2) is 206 Å². The monoisotopic (exact) mass is 704 g/mol. The Kier molecular flexibility index (Phi) is 7.85. The van der Waals surface area contributed by atoms with Crippen molar-refractivity contribution in [3.8, 4) is 22.3 Å². The summed E-state index contributed by atoms with van der Waals surface area (Å²) in [5.74, 6) is 0. The fourth-order valence-electron chi connectivity index (χ4n) is 8.55. The molecule has 0 atom stereocenters. The van der Waals surface area contributed by atoms with E-state index in [0.717, 1.165) is 22.7 Å². The van der Waals surface area contributed by atoms with Gasteiger partial charge >= 0.3 is 0 Å². The minimum atomic E-state index is -0.188. The molecule has 0 fully saturated rings. The van der Waals surface area contributed by atoms with Crippen molar-refractivity contribution < 1.29 is 0 Å². The van der Waals surface area contributed by atoms with Crippen LogP contribution in [0.4, 0.5) is 34.1 Å². The maximum atomic E-state index is 2.43. The van der Waals surface area contributed by atoms with Gasteiger partial charge in [0.25, 0.3) is 0 Å². The Labute approximate surface area is 323 Å². The smallest absolute Gasteiger partial charge is 0.0503 e. The second-order valence-electron chi connectivity index (χ2n) is 15.0. The Morgan fingerprint density at radius 1 is 0.364 bits per heavy atom. The zero-order chi connectivity index (χ0) is 36.9. The largest absolute Gasteiger partial charge is 0.310 e. The highest BCUT2D eigenvalue weighted by molar-refractivity contribution is 6.09. The van der Waals surface area contributed by atoms with Crippen LogP contribution in [0.1, 0.15) is 25.0 Å². The van der Waals surface area contributed by atoms with Crippen LogP contribution in [-0.2, 0) is 5.41 Å². The standard InChI is InChI=1S/C53H40N2/c1-53(2)49-19-11-12-20-51(49)55(45-31-23-38(24-32-45)37-13-5-3-6-14-37)52-34-28-42(35-50(52)53)39-25-29-44(30-26-39)54(43-16-7-4-8-17-43)46-33-27-41-22-21-40-15-9-10-18-47(40)48(41)36-46/h3-36H,1-2H3. The van der Waals surface area contributed by atoms with Gasteiger partial charge in [-0.15, -0.1) is 0 Å². The van der Waals surface area contributed by atoms with E-state index in [-0.39, 0.29) is 5.41 Å². The molecule has 0 radical (unpaired) electrons. The van der Waals surface area contributed by atoms with Gasteiger partial charge in [-0.3, -0.25) is 0 Å². The van der Waals surface area contributed by atoms with E-state index in [9.17, 15) is 0 Å². The number of anilines is 6. The van der Waals surface area contributed by atoms with Crippen LogP contribution in [-0.4, -0.2) is 0 Å². The number of hydrogen-bond acceptors (Lipinski definition) is 2. The second-order valence-corrected chi connectivity index (χ2v) is 15.0. The lowest BCUT2D eigenvalue weighted by Crippen LogP contribution is -2.30. The maximum absolute atomic E-state index is 2.43. The van der Waals surface area contributed by atoms with Gasteiger partial charge in [-0.25, -0.2) is 0 Å². The van der Waals surface area contributed by atoms with Gasteiger partial charge in [0.05, 0.1) is 11.4 Å². The average molecular weight is 705 g/mol. The first-order valence-electron chi connectivity index (χ1n) is 19.1. The molecule has 0 amide bonds. The number of para-hydroxylation sites is 2. The molecule has 9 aromatic rings. The third-order valence-electron chi connectivity index (χ3n) is 11.4. The van der Waals surface area contributed by atoms with Crippen LogP contribution in [0.3, 0.4) is 0 Å². The predicted octanol–water partition coefficient (Wildman–Crippen LogP) is 14.9. The molecule has 2 nitrogen and oxygen atoms in total. The molecule has 0 saturated heterocycles. The van der Waals surface area contributed by atoms with Gasteiger partial charge in [0, 0.05) is 28.2 Å². The van der Waals surface area contributed by atoms with Crippen molar-refractivity contribution in [2.75, 3.05) is 9.80 Å². The lowest BCUT2D eigenvalue weighted by molar-refractivity contribution is 0.632. The van der Waals surface area contributed by atoms with E-state index in [1.165, 1.54) is 66.3 Å². The zero-order valence-corrected chi connectivity index (χ0v) is 31.0. The van der Waals surface area contributed by atoms with Gasteiger partial charge in [0.1, 0.15) is 0 Å². The molecule has 0 N–H and O–H groups in total. The number of benzene rings is 9. The fourth-order valence-corrected chi connectivity index (χ4v) is 8.55. The summed E-state index contributed by atoms with van der Waals surface area (Å²) in [5.41, 5.74) is 14.3. The molecule has 1 aliphatic heterocycles. The van der Waals surface area contributed by atoms with E-state index in [4.69, 9.17) is 0 Å². The Balaban J connectivity index is 1.04. The van der Waals surface area contributed by atoms with E-state index < -0.39 is 0 Å². The van der Waals surface area contributed by atoms with Crippen LogP contribution in [0.5, 0.6) is 0 Å². The molecule has 0 saturated carbocycles. The molecule has 1 aliphatic rings. The van der Waals surface area contributed by atoms with Crippen LogP contribution in [0.25, 0.3) is 43.8 Å². The minimum absolute atomic E-state index is 0.188. The van der Waals surface area contributed by atoms with Crippen molar-refractivity contribution in [1.82, 2.24) is 0 Å². The molecule has 9 aromatic carbocycles. The molecule has 0 aliphatic carbocycles. The van der Waals surface area contributed by atoms with Gasteiger partial charge in [0.15, 0.2) is 0 Å². The second kappa shape index (κ2) is 13.2. The van der Waals surface area contributed by atoms with Gasteiger partial charge in [-0.2, -0.15) is 0 Å². The summed E-state index contributed by atoms with van der Waals surface area (Å²) in [6.45, 7) is 4.72. The normalized spacial score (nSPS) is 13.0. The van der Waals surface area contributed by atoms with E-state index >= 15 is 0 Å². The molecule has 0 spiro atoms. The first-order chi connectivity index (χ1) is 27.0. The Bertz CT molecular complexity index is 2820. The topological polar surface area (TPSA) is 6.48 Å². The van der Waals surface area contributed by atoms with Crippen LogP contribution in [0, 0.1) is 0 Å². The van der Waals surface area contributed by atoms with E-state index in [1.54, 1.807) is 0 Å². The molecular formula is C53H40N2. The van der Waals surface area contributed by atoms with Gasteiger partial charge in [0.2, 0.25) is 0 Å². The average Bonchev–Trinajstić information content (AvgIpc) is 3.25. The zero-order valence-electron chi connectivity index (χ0n) is 31.0. The highest BCUT2D eigenvalue weighted by atomic mass is 15.2. The maximum Gasteiger partial charge on any atom is 0.0503 e. The van der Waals surface area contributed by atoms with Gasteiger partial charge in [-0.05, 0) is 122 Å². The summed E-state index contributed by atoms with van der Waals surface area (Å²) >= 11 is 0. The minimum Gasteiger partial charge on any atom is -0.310 e. The van der Waals surface area contributed by atoms with Crippen molar-refractivity contribution in [2.45, 2.75) is 19.3 Å².